The number of carbonyl (C=O) groups excluding carboxylic acids is 1. The average Bonchev–Trinajstić information content (AvgIpc) is 1.88. The summed E-state index contributed by atoms with van der Waals surface area (Å²) < 4.78 is 46.9. The molecule has 0 rings (SSSR count). The van der Waals surface area contributed by atoms with Crippen molar-refractivity contribution in [1.29, 1.82) is 0 Å². The van der Waals surface area contributed by atoms with Crippen molar-refractivity contribution in [2.24, 2.45) is 0 Å². The summed E-state index contributed by atoms with van der Waals surface area (Å²) in [4.78, 5) is 10.3. The van der Waals surface area contributed by atoms with Crippen LogP contribution < -0.4 is 0 Å². The van der Waals surface area contributed by atoms with E-state index in [0.29, 0.717) is 0 Å². The van der Waals surface area contributed by atoms with Crippen molar-refractivity contribution in [3.8, 4) is 0 Å². The first-order chi connectivity index (χ1) is 4.92. The van der Waals surface area contributed by atoms with Crippen LogP contribution in [0.5, 0.6) is 0 Å². The van der Waals surface area contributed by atoms with Crippen molar-refractivity contribution < 1.29 is 22.4 Å². The van der Waals surface area contributed by atoms with Crippen LogP contribution in [0.1, 0.15) is 19.8 Å². The molecule has 5 heteroatoms. The van der Waals surface area contributed by atoms with Crippen LogP contribution in [-0.2, 0) is 4.79 Å². The molecule has 11 heavy (non-hydrogen) atoms. The van der Waals surface area contributed by atoms with Crippen LogP contribution in [0.25, 0.3) is 0 Å². The molecule has 0 aromatic carbocycles. The fourth-order valence-corrected chi connectivity index (χ4v) is 0.515. The molecule has 0 atom stereocenters. The Morgan fingerprint density at radius 3 is 2.18 bits per heavy atom. The molecule has 0 aromatic heterocycles. The molecule has 0 N–H and O–H groups in total. The SMILES string of the molecule is CCCC(=O)C(F)(F)C(F)F. The van der Waals surface area contributed by atoms with Gasteiger partial charge < -0.3 is 0 Å². The molecule has 0 heterocycles. The smallest absolute Gasteiger partial charge is 0.293 e. The number of Topliss-reactive ketones (excluding diaryl/α,β-unsaturated/α-hetero) is 1. The van der Waals surface area contributed by atoms with E-state index in [1.54, 1.807) is 0 Å². The minimum absolute atomic E-state index is 0.154. The molecule has 0 unspecified atom stereocenters. The quantitative estimate of drug-likeness (QED) is 0.594. The molecule has 0 saturated carbocycles. The lowest BCUT2D eigenvalue weighted by atomic mass is 10.1. The fourth-order valence-electron chi connectivity index (χ4n) is 0.515. The zero-order chi connectivity index (χ0) is 9.07. The Balaban J connectivity index is 4.18. The predicted octanol–water partition coefficient (Wildman–Crippen LogP) is 2.26. The molecule has 0 fully saturated rings. The van der Waals surface area contributed by atoms with E-state index in [4.69, 9.17) is 0 Å². The first-order valence-electron chi connectivity index (χ1n) is 3.12. The third kappa shape index (κ3) is 2.48. The van der Waals surface area contributed by atoms with Crippen LogP contribution in [0.4, 0.5) is 17.6 Å². The maximum atomic E-state index is 12.0. The lowest BCUT2D eigenvalue weighted by molar-refractivity contribution is -0.167. The van der Waals surface area contributed by atoms with Crippen LogP contribution in [-0.4, -0.2) is 18.1 Å². The van der Waals surface area contributed by atoms with Crippen molar-refractivity contribution in [3.05, 3.63) is 0 Å². The molecule has 0 radical (unpaired) electrons. The van der Waals surface area contributed by atoms with Crippen molar-refractivity contribution in [2.75, 3.05) is 0 Å². The molecule has 0 amide bonds. The van der Waals surface area contributed by atoms with Crippen molar-refractivity contribution in [2.45, 2.75) is 32.1 Å². The monoisotopic (exact) mass is 172 g/mol. The van der Waals surface area contributed by atoms with Crippen LogP contribution >= 0.6 is 0 Å². The molecule has 66 valence electrons. The van der Waals surface area contributed by atoms with Crippen LogP contribution in [0.15, 0.2) is 0 Å². The minimum Gasteiger partial charge on any atom is -0.293 e. The molecule has 0 aliphatic carbocycles. The van der Waals surface area contributed by atoms with E-state index in [2.05, 4.69) is 0 Å². The summed E-state index contributed by atoms with van der Waals surface area (Å²) in [5.74, 6) is -6.15. The molecule has 0 saturated heterocycles. The molecule has 0 aliphatic heterocycles. The summed E-state index contributed by atoms with van der Waals surface area (Å²) in [7, 11) is 0. The van der Waals surface area contributed by atoms with E-state index in [9.17, 15) is 22.4 Å². The van der Waals surface area contributed by atoms with Crippen LogP contribution in [0, 0.1) is 0 Å². The van der Waals surface area contributed by atoms with Gasteiger partial charge in [0.25, 0.3) is 0 Å². The van der Waals surface area contributed by atoms with E-state index in [0.717, 1.165) is 0 Å². The van der Waals surface area contributed by atoms with Gasteiger partial charge in [-0.25, -0.2) is 8.78 Å². The largest absolute Gasteiger partial charge is 0.364 e. The van der Waals surface area contributed by atoms with Crippen LogP contribution in [0.3, 0.4) is 0 Å². The number of hydrogen-bond donors (Lipinski definition) is 0. The first kappa shape index (κ1) is 10.4. The first-order valence-corrected chi connectivity index (χ1v) is 3.12. The van der Waals surface area contributed by atoms with Gasteiger partial charge in [-0.2, -0.15) is 8.78 Å². The Kier molecular flexibility index (Phi) is 3.48. The maximum absolute atomic E-state index is 12.0. The Morgan fingerprint density at radius 2 is 1.91 bits per heavy atom. The lowest BCUT2D eigenvalue weighted by Crippen LogP contribution is -2.36. The predicted molar refractivity (Wildman–Crippen MR) is 30.9 cm³/mol. The van der Waals surface area contributed by atoms with E-state index in [1.807, 2.05) is 0 Å². The molecule has 1 nitrogen and oxygen atoms in total. The Hall–Kier alpha value is -0.610. The van der Waals surface area contributed by atoms with Crippen molar-refractivity contribution >= 4 is 5.78 Å². The number of hydrogen-bond acceptors (Lipinski definition) is 1. The third-order valence-electron chi connectivity index (χ3n) is 1.12. The normalized spacial score (nSPS) is 12.2. The lowest BCUT2D eigenvalue weighted by Gasteiger charge is -2.12. The highest BCUT2D eigenvalue weighted by Crippen LogP contribution is 2.25. The standard InChI is InChI=1S/C6H8F4O/c1-2-3-4(11)6(9,10)5(7)8/h5H,2-3H2,1H3. The number of ketones is 1. The second-order valence-corrected chi connectivity index (χ2v) is 2.10. The summed E-state index contributed by atoms with van der Waals surface area (Å²) in [6.45, 7) is 1.47. The highest BCUT2D eigenvalue weighted by Gasteiger charge is 2.47. The third-order valence-corrected chi connectivity index (χ3v) is 1.12. The molecule has 0 aliphatic rings. The number of carbonyl (C=O) groups is 1. The highest BCUT2D eigenvalue weighted by atomic mass is 19.3. The van der Waals surface area contributed by atoms with Gasteiger partial charge in [-0.3, -0.25) is 4.79 Å². The van der Waals surface area contributed by atoms with Gasteiger partial charge in [0.05, 0.1) is 0 Å². The van der Waals surface area contributed by atoms with E-state index < -0.39 is 24.6 Å². The van der Waals surface area contributed by atoms with Gasteiger partial charge in [0.2, 0.25) is 5.78 Å². The van der Waals surface area contributed by atoms with Crippen molar-refractivity contribution in [1.82, 2.24) is 0 Å². The second kappa shape index (κ2) is 3.69. The zero-order valence-corrected chi connectivity index (χ0v) is 5.91. The zero-order valence-electron chi connectivity index (χ0n) is 5.91. The maximum Gasteiger partial charge on any atom is 0.364 e. The molecular weight excluding hydrogens is 164 g/mol. The highest BCUT2D eigenvalue weighted by molar-refractivity contribution is 5.85. The van der Waals surface area contributed by atoms with Gasteiger partial charge in [-0.15, -0.1) is 0 Å². The fraction of sp³-hybridized carbons (Fsp3) is 0.833. The van der Waals surface area contributed by atoms with Crippen LogP contribution in [0.2, 0.25) is 0 Å². The summed E-state index contributed by atoms with van der Waals surface area (Å²) in [5.41, 5.74) is 0. The van der Waals surface area contributed by atoms with E-state index in [-0.39, 0.29) is 6.42 Å². The summed E-state index contributed by atoms with van der Waals surface area (Å²) in [6, 6.07) is 0. The van der Waals surface area contributed by atoms with Gasteiger partial charge in [0.1, 0.15) is 0 Å². The van der Waals surface area contributed by atoms with Gasteiger partial charge in [0, 0.05) is 6.42 Å². The minimum atomic E-state index is -4.46. The Morgan fingerprint density at radius 1 is 1.45 bits per heavy atom. The molecular formula is C6H8F4O. The molecule has 0 aromatic rings. The van der Waals surface area contributed by atoms with E-state index >= 15 is 0 Å². The van der Waals surface area contributed by atoms with Gasteiger partial charge in [-0.05, 0) is 6.42 Å². The Labute approximate surface area is 61.4 Å². The van der Waals surface area contributed by atoms with Gasteiger partial charge in [0.15, 0.2) is 0 Å². The van der Waals surface area contributed by atoms with Crippen molar-refractivity contribution in [3.63, 3.8) is 0 Å². The second-order valence-electron chi connectivity index (χ2n) is 2.10. The number of halogens is 4. The molecule has 0 bridgehead atoms. The summed E-state index contributed by atoms with van der Waals surface area (Å²) in [6.07, 6.45) is -4.24. The Bertz CT molecular complexity index is 144. The van der Waals surface area contributed by atoms with E-state index in [1.165, 1.54) is 6.92 Å². The van der Waals surface area contributed by atoms with Gasteiger partial charge >= 0.3 is 12.3 Å². The number of rotatable bonds is 4. The molecule has 0 spiro atoms. The summed E-state index contributed by atoms with van der Waals surface area (Å²) >= 11 is 0. The average molecular weight is 172 g/mol. The topological polar surface area (TPSA) is 17.1 Å². The van der Waals surface area contributed by atoms with Gasteiger partial charge in [-0.1, -0.05) is 6.92 Å². The summed E-state index contributed by atoms with van der Waals surface area (Å²) in [5, 5.41) is 0. The number of alkyl halides is 4.